The highest BCUT2D eigenvalue weighted by atomic mass is 79.9. The van der Waals surface area contributed by atoms with Crippen LogP contribution < -0.4 is 9.47 Å². The van der Waals surface area contributed by atoms with Crippen LogP contribution in [0.1, 0.15) is 22.7 Å². The van der Waals surface area contributed by atoms with Crippen LogP contribution in [0, 0.1) is 0 Å². The van der Waals surface area contributed by atoms with Gasteiger partial charge in [0.25, 0.3) is 0 Å². The van der Waals surface area contributed by atoms with Crippen molar-refractivity contribution in [2.45, 2.75) is 18.9 Å². The van der Waals surface area contributed by atoms with E-state index in [1.807, 2.05) is 6.07 Å². The van der Waals surface area contributed by atoms with E-state index < -0.39 is 0 Å². The topological polar surface area (TPSA) is 21.7 Å². The number of hydrogen-bond donors (Lipinski definition) is 0. The molecule has 23 heavy (non-hydrogen) atoms. The van der Waals surface area contributed by atoms with Gasteiger partial charge in [-0.1, -0.05) is 28.1 Å². The van der Waals surface area contributed by atoms with Crippen LogP contribution in [0.3, 0.4) is 0 Å². The van der Waals surface area contributed by atoms with Crippen molar-refractivity contribution in [1.29, 1.82) is 0 Å². The molecule has 2 aromatic carbocycles. The fourth-order valence-electron chi connectivity index (χ4n) is 4.05. The Morgan fingerprint density at radius 2 is 1.96 bits per heavy atom. The molecule has 0 fully saturated rings. The molecule has 4 heteroatoms. The summed E-state index contributed by atoms with van der Waals surface area (Å²) >= 11 is 3.75. The first-order valence-electron chi connectivity index (χ1n) is 7.91. The largest absolute Gasteiger partial charge is 0.493 e. The number of benzene rings is 2. The predicted molar refractivity (Wildman–Crippen MR) is 95.5 cm³/mol. The van der Waals surface area contributed by atoms with Gasteiger partial charge in [0.2, 0.25) is 0 Å². The van der Waals surface area contributed by atoms with E-state index in [2.05, 4.69) is 46.1 Å². The molecular formula is C19H20BrNO2. The number of hydrogen-bond acceptors (Lipinski definition) is 3. The molecule has 2 aliphatic rings. The van der Waals surface area contributed by atoms with Crippen molar-refractivity contribution in [3.63, 3.8) is 0 Å². The molecule has 0 N–H and O–H groups in total. The maximum atomic E-state index is 5.73. The summed E-state index contributed by atoms with van der Waals surface area (Å²) in [6, 6.07) is 9.03. The van der Waals surface area contributed by atoms with E-state index in [-0.39, 0.29) is 0 Å². The summed E-state index contributed by atoms with van der Waals surface area (Å²) < 4.78 is 12.5. The van der Waals surface area contributed by atoms with E-state index >= 15 is 0 Å². The quantitative estimate of drug-likeness (QED) is 0.786. The zero-order valence-corrected chi connectivity index (χ0v) is 15.2. The van der Waals surface area contributed by atoms with Gasteiger partial charge in [0.15, 0.2) is 11.5 Å². The number of likely N-dealkylation sites (N-methyl/N-ethyl adjacent to an activating group) is 1. The lowest BCUT2D eigenvalue weighted by Gasteiger charge is -2.40. The Labute approximate surface area is 145 Å². The van der Waals surface area contributed by atoms with Crippen LogP contribution in [0.2, 0.25) is 0 Å². The second kappa shape index (κ2) is 5.53. The SMILES string of the molecule is COc1ccc2c(c1OC)-c1ccc(Br)c3c1[C@@H](C2)N(C)CC3. The van der Waals surface area contributed by atoms with Crippen LogP contribution >= 0.6 is 15.9 Å². The molecule has 1 aliphatic carbocycles. The van der Waals surface area contributed by atoms with Gasteiger partial charge in [-0.05, 0) is 54.3 Å². The van der Waals surface area contributed by atoms with Gasteiger partial charge < -0.3 is 9.47 Å². The number of rotatable bonds is 2. The maximum Gasteiger partial charge on any atom is 0.168 e. The first kappa shape index (κ1) is 15.0. The minimum Gasteiger partial charge on any atom is -0.493 e. The zero-order chi connectivity index (χ0) is 16.1. The molecule has 120 valence electrons. The molecule has 0 radical (unpaired) electrons. The van der Waals surface area contributed by atoms with Crippen LogP contribution in [0.4, 0.5) is 0 Å². The van der Waals surface area contributed by atoms with Crippen molar-refractivity contribution < 1.29 is 9.47 Å². The smallest absolute Gasteiger partial charge is 0.168 e. The molecule has 3 nitrogen and oxygen atoms in total. The summed E-state index contributed by atoms with van der Waals surface area (Å²) in [5.74, 6) is 1.65. The van der Waals surface area contributed by atoms with Gasteiger partial charge in [-0.15, -0.1) is 0 Å². The standard InChI is InChI=1S/C19H20BrNO2/c1-21-9-8-12-14(20)6-5-13-17-11(10-15(21)18(12)13)4-7-16(22-2)19(17)23-3/h4-7,15H,8-10H2,1-3H3/t15-/m1/s1. The van der Waals surface area contributed by atoms with Crippen LogP contribution in [-0.4, -0.2) is 32.7 Å². The van der Waals surface area contributed by atoms with Crippen LogP contribution in [0.5, 0.6) is 11.5 Å². The molecule has 0 spiro atoms. The summed E-state index contributed by atoms with van der Waals surface area (Å²) in [6.07, 6.45) is 2.10. The molecule has 0 aromatic heterocycles. The molecule has 0 bridgehead atoms. The number of halogens is 1. The maximum absolute atomic E-state index is 5.73. The highest BCUT2D eigenvalue weighted by Gasteiger charge is 2.35. The van der Waals surface area contributed by atoms with Crippen LogP contribution in [0.15, 0.2) is 28.7 Å². The number of methoxy groups -OCH3 is 2. The van der Waals surface area contributed by atoms with Crippen molar-refractivity contribution >= 4 is 15.9 Å². The average molecular weight is 374 g/mol. The molecule has 0 saturated heterocycles. The van der Waals surface area contributed by atoms with E-state index in [0.717, 1.165) is 30.9 Å². The molecule has 0 amide bonds. The first-order chi connectivity index (χ1) is 11.2. The lowest BCUT2D eigenvalue weighted by Crippen LogP contribution is -2.35. The lowest BCUT2D eigenvalue weighted by molar-refractivity contribution is 0.227. The van der Waals surface area contributed by atoms with Crippen LogP contribution in [0.25, 0.3) is 11.1 Å². The van der Waals surface area contributed by atoms with Crippen molar-refractivity contribution in [1.82, 2.24) is 4.90 Å². The van der Waals surface area contributed by atoms with Gasteiger partial charge in [0, 0.05) is 22.6 Å². The third kappa shape index (κ3) is 2.12. The van der Waals surface area contributed by atoms with Gasteiger partial charge in [-0.25, -0.2) is 0 Å². The second-order valence-electron chi connectivity index (χ2n) is 6.27. The summed E-state index contributed by atoms with van der Waals surface area (Å²) in [7, 11) is 5.65. The minimum atomic E-state index is 0.442. The van der Waals surface area contributed by atoms with E-state index in [4.69, 9.17) is 9.47 Å². The fraction of sp³-hybridized carbons (Fsp3) is 0.368. The van der Waals surface area contributed by atoms with Crippen LogP contribution in [-0.2, 0) is 12.8 Å². The number of nitrogens with zero attached hydrogens (tertiary/aromatic N) is 1. The second-order valence-corrected chi connectivity index (χ2v) is 7.13. The van der Waals surface area contributed by atoms with Gasteiger partial charge in [0.05, 0.1) is 14.2 Å². The van der Waals surface area contributed by atoms with Crippen molar-refractivity contribution in [3.05, 3.63) is 45.4 Å². The molecule has 1 heterocycles. The molecular weight excluding hydrogens is 354 g/mol. The first-order valence-corrected chi connectivity index (χ1v) is 8.70. The molecule has 0 saturated carbocycles. The van der Waals surface area contributed by atoms with Crippen molar-refractivity contribution in [2.24, 2.45) is 0 Å². The summed E-state index contributed by atoms with van der Waals surface area (Å²) in [6.45, 7) is 1.10. The van der Waals surface area contributed by atoms with E-state index in [0.29, 0.717) is 6.04 Å². The predicted octanol–water partition coefficient (Wildman–Crippen LogP) is 4.22. The molecule has 1 atom stereocenters. The Balaban J connectivity index is 2.04. The third-order valence-corrected chi connectivity index (χ3v) is 5.94. The average Bonchev–Trinajstić information content (AvgIpc) is 2.58. The zero-order valence-electron chi connectivity index (χ0n) is 13.6. The van der Waals surface area contributed by atoms with E-state index in [9.17, 15) is 0 Å². The Kier molecular flexibility index (Phi) is 3.62. The monoisotopic (exact) mass is 373 g/mol. The Bertz CT molecular complexity index is 787. The minimum absolute atomic E-state index is 0.442. The lowest BCUT2D eigenvalue weighted by atomic mass is 9.77. The fourth-order valence-corrected chi connectivity index (χ4v) is 4.60. The number of fused-ring (bicyclic) bond motifs is 2. The van der Waals surface area contributed by atoms with Crippen molar-refractivity contribution in [2.75, 3.05) is 27.8 Å². The Morgan fingerprint density at radius 3 is 2.70 bits per heavy atom. The Morgan fingerprint density at radius 1 is 1.13 bits per heavy atom. The van der Waals surface area contributed by atoms with Gasteiger partial charge in [0.1, 0.15) is 0 Å². The van der Waals surface area contributed by atoms with Gasteiger partial charge >= 0.3 is 0 Å². The highest BCUT2D eigenvalue weighted by molar-refractivity contribution is 9.10. The normalized spacial score (nSPS) is 19.0. The summed E-state index contributed by atoms with van der Waals surface area (Å²) in [5, 5.41) is 0. The third-order valence-electron chi connectivity index (χ3n) is 5.19. The van der Waals surface area contributed by atoms with Gasteiger partial charge in [-0.2, -0.15) is 0 Å². The summed E-state index contributed by atoms with van der Waals surface area (Å²) in [4.78, 5) is 2.47. The van der Waals surface area contributed by atoms with Gasteiger partial charge in [-0.3, -0.25) is 4.90 Å². The molecule has 0 unspecified atom stereocenters. The molecule has 4 rings (SSSR count). The number of ether oxygens (including phenoxy) is 2. The van der Waals surface area contributed by atoms with E-state index in [1.165, 1.54) is 32.3 Å². The molecule has 2 aromatic rings. The summed E-state index contributed by atoms with van der Waals surface area (Å²) in [5.41, 5.74) is 6.72. The van der Waals surface area contributed by atoms with Crippen molar-refractivity contribution in [3.8, 4) is 22.6 Å². The van der Waals surface area contributed by atoms with E-state index in [1.54, 1.807) is 14.2 Å². The molecule has 1 aliphatic heterocycles. The Hall–Kier alpha value is -1.52. The highest BCUT2D eigenvalue weighted by Crippen LogP contribution is 2.51.